The number of nitrogens with two attached hydrogens (primary N) is 1. The zero-order valence-corrected chi connectivity index (χ0v) is 9.61. The number of primary amides is 1. The van der Waals surface area contributed by atoms with Gasteiger partial charge in [0, 0.05) is 6.92 Å². The molecule has 0 bridgehead atoms. The van der Waals surface area contributed by atoms with E-state index in [1.54, 1.807) is 0 Å². The Bertz CT molecular complexity index is 348. The highest BCUT2D eigenvalue weighted by Gasteiger charge is 2.57. The maximum atomic E-state index is 11.4. The van der Waals surface area contributed by atoms with E-state index in [9.17, 15) is 24.9 Å². The number of ether oxygens (including phenoxy) is 1. The highest BCUT2D eigenvalue weighted by Crippen LogP contribution is 2.28. The van der Waals surface area contributed by atoms with Crippen molar-refractivity contribution in [2.24, 2.45) is 5.73 Å². The molecule has 1 saturated heterocycles. The minimum absolute atomic E-state index is 0.737. The maximum Gasteiger partial charge on any atom is 0.273 e. The fraction of sp³-hybridized carbons (Fsp3) is 0.778. The second kappa shape index (κ2) is 5.16. The van der Waals surface area contributed by atoms with E-state index in [1.165, 1.54) is 0 Å². The van der Waals surface area contributed by atoms with E-state index in [2.05, 4.69) is 0 Å². The Kier molecular flexibility index (Phi) is 4.24. The molecule has 0 aromatic rings. The van der Waals surface area contributed by atoms with Crippen molar-refractivity contribution in [2.45, 2.75) is 37.1 Å². The van der Waals surface area contributed by atoms with Gasteiger partial charge in [0.1, 0.15) is 24.4 Å². The fourth-order valence-corrected chi connectivity index (χ4v) is 1.80. The second-order valence-corrected chi connectivity index (χ2v) is 4.05. The maximum absolute atomic E-state index is 11.4. The monoisotopic (exact) mass is 264 g/mol. The average molecular weight is 264 g/mol. The normalized spacial score (nSPS) is 40.3. The molecular formula is C9H16N2O7. The molecule has 9 nitrogen and oxygen atoms in total. The lowest BCUT2D eigenvalue weighted by Crippen LogP contribution is -2.75. The van der Waals surface area contributed by atoms with Gasteiger partial charge < -0.3 is 36.2 Å². The van der Waals surface area contributed by atoms with Crippen LogP contribution in [0, 0.1) is 0 Å². The van der Waals surface area contributed by atoms with E-state index in [0.717, 1.165) is 6.92 Å². The number of aliphatic hydroxyl groups is 4. The highest BCUT2D eigenvalue weighted by molar-refractivity contribution is 5.89. The molecule has 1 rings (SSSR count). The van der Waals surface area contributed by atoms with Gasteiger partial charge in [-0.2, -0.15) is 0 Å². The van der Waals surface area contributed by atoms with Gasteiger partial charge in [-0.05, 0) is 0 Å². The molecule has 9 heteroatoms. The van der Waals surface area contributed by atoms with E-state index in [4.69, 9.17) is 15.6 Å². The topological polar surface area (TPSA) is 162 Å². The minimum Gasteiger partial charge on any atom is -0.394 e. The SMILES string of the molecule is CC(=O)N[C@]1(C(N)=O)O[C@@H](CO)[C@H](O)[C@@H](O)[C@@H]1O. The summed E-state index contributed by atoms with van der Waals surface area (Å²) in [6, 6.07) is 0. The van der Waals surface area contributed by atoms with Crippen molar-refractivity contribution in [3.05, 3.63) is 0 Å². The summed E-state index contributed by atoms with van der Waals surface area (Å²) in [7, 11) is 0. The number of hydrogen-bond donors (Lipinski definition) is 6. The smallest absolute Gasteiger partial charge is 0.273 e. The Hall–Kier alpha value is -1.26. The van der Waals surface area contributed by atoms with Crippen LogP contribution in [0.15, 0.2) is 0 Å². The Balaban J connectivity index is 3.15. The summed E-state index contributed by atoms with van der Waals surface area (Å²) in [4.78, 5) is 22.4. The molecule has 2 amide bonds. The van der Waals surface area contributed by atoms with Crippen LogP contribution >= 0.6 is 0 Å². The molecule has 0 aromatic carbocycles. The Morgan fingerprint density at radius 3 is 2.28 bits per heavy atom. The number of amides is 2. The zero-order chi connectivity index (χ0) is 14.1. The lowest BCUT2D eigenvalue weighted by atomic mass is 9.90. The van der Waals surface area contributed by atoms with Gasteiger partial charge in [0.2, 0.25) is 5.91 Å². The quantitative estimate of drug-likeness (QED) is 0.301. The van der Waals surface area contributed by atoms with Gasteiger partial charge >= 0.3 is 0 Å². The van der Waals surface area contributed by atoms with Crippen molar-refractivity contribution in [2.75, 3.05) is 6.61 Å². The molecule has 0 aromatic heterocycles. The zero-order valence-electron chi connectivity index (χ0n) is 9.61. The lowest BCUT2D eigenvalue weighted by molar-refractivity contribution is -0.272. The van der Waals surface area contributed by atoms with Crippen LogP contribution in [0.2, 0.25) is 0 Å². The van der Waals surface area contributed by atoms with Gasteiger partial charge in [-0.1, -0.05) is 0 Å². The predicted octanol–water partition coefficient (Wildman–Crippen LogP) is -4.22. The third-order valence-electron chi connectivity index (χ3n) is 2.72. The lowest BCUT2D eigenvalue weighted by Gasteiger charge is -2.46. The van der Waals surface area contributed by atoms with Crippen molar-refractivity contribution in [1.29, 1.82) is 0 Å². The molecule has 5 atom stereocenters. The van der Waals surface area contributed by atoms with E-state index in [-0.39, 0.29) is 0 Å². The molecule has 1 aliphatic rings. The number of rotatable bonds is 3. The van der Waals surface area contributed by atoms with E-state index >= 15 is 0 Å². The van der Waals surface area contributed by atoms with Crippen LogP contribution in [-0.4, -0.2) is 69.0 Å². The molecule has 0 radical (unpaired) electrons. The highest BCUT2D eigenvalue weighted by atomic mass is 16.6. The van der Waals surface area contributed by atoms with Crippen LogP contribution < -0.4 is 11.1 Å². The fourth-order valence-electron chi connectivity index (χ4n) is 1.80. The van der Waals surface area contributed by atoms with Crippen molar-refractivity contribution < 1.29 is 34.8 Å². The van der Waals surface area contributed by atoms with Crippen LogP contribution in [0.5, 0.6) is 0 Å². The summed E-state index contributed by atoms with van der Waals surface area (Å²) < 4.78 is 4.97. The first-order chi connectivity index (χ1) is 8.26. The van der Waals surface area contributed by atoms with Gasteiger partial charge in [0.05, 0.1) is 6.61 Å². The number of nitrogens with one attached hydrogen (secondary N) is 1. The first-order valence-corrected chi connectivity index (χ1v) is 5.17. The summed E-state index contributed by atoms with van der Waals surface area (Å²) in [5.74, 6) is -2.00. The van der Waals surface area contributed by atoms with E-state index in [0.29, 0.717) is 0 Å². The number of hydrogen-bond acceptors (Lipinski definition) is 7. The summed E-state index contributed by atoms with van der Waals surface area (Å²) >= 11 is 0. The molecule has 104 valence electrons. The Morgan fingerprint density at radius 1 is 1.33 bits per heavy atom. The number of aliphatic hydroxyl groups excluding tert-OH is 4. The van der Waals surface area contributed by atoms with Crippen molar-refractivity contribution in [3.8, 4) is 0 Å². The van der Waals surface area contributed by atoms with E-state index < -0.39 is 48.6 Å². The van der Waals surface area contributed by atoms with Crippen molar-refractivity contribution >= 4 is 11.8 Å². The molecule has 1 aliphatic heterocycles. The third-order valence-corrected chi connectivity index (χ3v) is 2.72. The molecule has 18 heavy (non-hydrogen) atoms. The third kappa shape index (κ3) is 2.31. The molecule has 1 fully saturated rings. The van der Waals surface area contributed by atoms with Gasteiger partial charge in [0.25, 0.3) is 11.6 Å². The largest absolute Gasteiger partial charge is 0.394 e. The standard InChI is InChI=1S/C9H16N2O7/c1-3(13)11-9(8(10)17)7(16)6(15)5(14)4(2-12)18-9/h4-7,12,14-16H,2H2,1H3,(H2,10,17)(H,11,13)/t4-,5-,6+,7-,9-/m0/s1. The minimum atomic E-state index is -2.39. The molecule has 0 saturated carbocycles. The molecule has 0 spiro atoms. The van der Waals surface area contributed by atoms with Crippen LogP contribution in [0.3, 0.4) is 0 Å². The van der Waals surface area contributed by atoms with Crippen molar-refractivity contribution in [3.63, 3.8) is 0 Å². The van der Waals surface area contributed by atoms with Crippen LogP contribution in [0.25, 0.3) is 0 Å². The number of carbonyl (C=O) groups excluding carboxylic acids is 2. The van der Waals surface area contributed by atoms with Gasteiger partial charge in [-0.25, -0.2) is 0 Å². The van der Waals surface area contributed by atoms with E-state index in [1.807, 2.05) is 5.32 Å². The van der Waals surface area contributed by atoms with Crippen LogP contribution in [-0.2, 0) is 14.3 Å². The molecule has 7 N–H and O–H groups in total. The molecule has 0 aliphatic carbocycles. The molecular weight excluding hydrogens is 248 g/mol. The predicted molar refractivity (Wildman–Crippen MR) is 55.7 cm³/mol. The first kappa shape index (κ1) is 14.8. The first-order valence-electron chi connectivity index (χ1n) is 5.17. The van der Waals surface area contributed by atoms with Gasteiger partial charge in [0.15, 0.2) is 0 Å². The van der Waals surface area contributed by atoms with Crippen LogP contribution in [0.1, 0.15) is 6.92 Å². The van der Waals surface area contributed by atoms with Gasteiger partial charge in [-0.3, -0.25) is 9.59 Å². The summed E-state index contributed by atoms with van der Waals surface area (Å²) in [6.45, 7) is 0.311. The van der Waals surface area contributed by atoms with Crippen LogP contribution in [0.4, 0.5) is 0 Å². The van der Waals surface area contributed by atoms with Crippen molar-refractivity contribution in [1.82, 2.24) is 5.32 Å². The summed E-state index contributed by atoms with van der Waals surface area (Å²) in [5.41, 5.74) is 2.66. The summed E-state index contributed by atoms with van der Waals surface area (Å²) in [5, 5.41) is 39.8. The number of carbonyl (C=O) groups is 2. The summed E-state index contributed by atoms with van der Waals surface area (Å²) in [6.07, 6.45) is -6.76. The molecule has 0 unspecified atom stereocenters. The second-order valence-electron chi connectivity index (χ2n) is 4.05. The van der Waals surface area contributed by atoms with Gasteiger partial charge in [-0.15, -0.1) is 0 Å². The molecule has 1 heterocycles. The average Bonchev–Trinajstić information content (AvgIpc) is 2.29. The Morgan fingerprint density at radius 2 is 1.89 bits per heavy atom. The Labute approximate surface area is 102 Å².